The Bertz CT molecular complexity index is 1000. The third kappa shape index (κ3) is 53.8. The molecule has 0 aromatic heterocycles. The van der Waals surface area contributed by atoms with Crippen LogP contribution < -0.4 is 5.32 Å². The first kappa shape index (κ1) is 65.6. The zero-order chi connectivity index (χ0) is 48.6. The van der Waals surface area contributed by atoms with Crippen molar-refractivity contribution in [1.29, 1.82) is 0 Å². The second kappa shape index (κ2) is 57.2. The lowest BCUT2D eigenvalue weighted by atomic mass is 10.0. The summed E-state index contributed by atoms with van der Waals surface area (Å²) in [7, 11) is 0. The smallest absolute Gasteiger partial charge is 0.305 e. The zero-order valence-electron chi connectivity index (χ0n) is 45.4. The minimum atomic E-state index is -0.856. The number of hydrogen-bond donors (Lipinski definition) is 3. The average Bonchev–Trinajstić information content (AvgIpc) is 3.33. The summed E-state index contributed by atoms with van der Waals surface area (Å²) in [6.45, 7) is 4.90. The average molecular weight is 947 g/mol. The van der Waals surface area contributed by atoms with Crippen LogP contribution in [0.3, 0.4) is 0 Å². The van der Waals surface area contributed by atoms with Gasteiger partial charge in [0.2, 0.25) is 5.91 Å². The number of esters is 1. The molecule has 3 N–H and O–H groups in total. The predicted octanol–water partition coefficient (Wildman–Crippen LogP) is 18.9. The van der Waals surface area contributed by atoms with Crippen molar-refractivity contribution in [3.8, 4) is 0 Å². The Morgan fingerprint density at radius 2 is 0.687 bits per heavy atom. The molecule has 0 aliphatic heterocycles. The van der Waals surface area contributed by atoms with Crippen molar-refractivity contribution < 1.29 is 24.5 Å². The van der Waals surface area contributed by atoms with Crippen LogP contribution in [-0.4, -0.2) is 47.4 Å². The maximum atomic E-state index is 12.5. The maximum Gasteiger partial charge on any atom is 0.305 e. The number of allylic oxidation sites excluding steroid dienone is 1. The number of ether oxygens (including phenoxy) is 1. The monoisotopic (exact) mass is 946 g/mol. The van der Waals surface area contributed by atoms with Crippen LogP contribution in [-0.2, 0) is 14.3 Å². The molecular weight excluding hydrogens is 827 g/mol. The van der Waals surface area contributed by atoms with Gasteiger partial charge in [0, 0.05) is 12.8 Å². The van der Waals surface area contributed by atoms with E-state index in [0.29, 0.717) is 19.4 Å². The Labute approximate surface area is 419 Å². The number of unbranched alkanes of at least 4 members (excludes halogenated alkanes) is 46. The van der Waals surface area contributed by atoms with E-state index < -0.39 is 12.1 Å². The first-order valence-corrected chi connectivity index (χ1v) is 30.5. The highest BCUT2D eigenvalue weighted by Gasteiger charge is 2.18. The Hall–Kier alpha value is -1.40. The van der Waals surface area contributed by atoms with Gasteiger partial charge in [0.05, 0.1) is 25.4 Å². The number of amides is 1. The van der Waals surface area contributed by atoms with Crippen LogP contribution in [0, 0.1) is 0 Å². The molecule has 6 nitrogen and oxygen atoms in total. The first-order valence-electron chi connectivity index (χ1n) is 30.5. The molecule has 0 aromatic rings. The van der Waals surface area contributed by atoms with Crippen molar-refractivity contribution in [1.82, 2.24) is 5.32 Å². The molecular formula is C61H119NO5. The van der Waals surface area contributed by atoms with Crippen molar-refractivity contribution in [3.05, 3.63) is 12.2 Å². The number of aliphatic hydroxyl groups is 2. The van der Waals surface area contributed by atoms with Crippen LogP contribution in [0.1, 0.15) is 341 Å². The van der Waals surface area contributed by atoms with E-state index in [4.69, 9.17) is 4.74 Å². The van der Waals surface area contributed by atoms with Gasteiger partial charge < -0.3 is 20.3 Å². The summed E-state index contributed by atoms with van der Waals surface area (Å²) in [6, 6.07) is -0.641. The normalized spacial score (nSPS) is 12.6. The summed E-state index contributed by atoms with van der Waals surface area (Å²) < 4.78 is 5.49. The zero-order valence-corrected chi connectivity index (χ0v) is 45.4. The molecule has 0 spiro atoms. The van der Waals surface area contributed by atoms with Gasteiger partial charge >= 0.3 is 5.97 Å². The first-order chi connectivity index (χ1) is 33.0. The second-order valence-corrected chi connectivity index (χ2v) is 21.0. The van der Waals surface area contributed by atoms with E-state index in [9.17, 15) is 19.8 Å². The van der Waals surface area contributed by atoms with Crippen LogP contribution in [0.4, 0.5) is 0 Å². The molecule has 0 saturated carbocycles. The quantitative estimate of drug-likeness (QED) is 0.0321. The van der Waals surface area contributed by atoms with Gasteiger partial charge in [0.15, 0.2) is 0 Å². The molecule has 67 heavy (non-hydrogen) atoms. The lowest BCUT2D eigenvalue weighted by Crippen LogP contribution is -2.45. The van der Waals surface area contributed by atoms with E-state index in [2.05, 4.69) is 19.2 Å². The Balaban J connectivity index is 3.46. The van der Waals surface area contributed by atoms with Gasteiger partial charge in [-0.05, 0) is 32.1 Å². The largest absolute Gasteiger partial charge is 0.466 e. The van der Waals surface area contributed by atoms with Crippen molar-refractivity contribution in [2.75, 3.05) is 13.2 Å². The van der Waals surface area contributed by atoms with Crippen LogP contribution in [0.25, 0.3) is 0 Å². The standard InChI is InChI=1S/C61H119NO5/c1-3-5-7-9-11-13-15-17-19-21-23-25-26-28-30-33-37-41-45-49-53-59(64)58(57-63)62-60(65)54-50-46-42-38-34-32-36-40-44-48-52-56-67-61(66)55-51-47-43-39-35-31-29-27-24-22-20-18-16-14-12-10-8-6-4-2/h49,53,58-59,63-64H,3-48,50-52,54-57H2,1-2H3,(H,62,65)/b53-49+. The molecule has 0 heterocycles. The van der Waals surface area contributed by atoms with Gasteiger partial charge in [0.1, 0.15) is 0 Å². The van der Waals surface area contributed by atoms with Crippen molar-refractivity contribution in [2.45, 2.75) is 353 Å². The fraction of sp³-hybridized carbons (Fsp3) is 0.934. The van der Waals surface area contributed by atoms with Crippen molar-refractivity contribution >= 4 is 11.9 Å². The molecule has 0 saturated heterocycles. The second-order valence-electron chi connectivity index (χ2n) is 21.0. The van der Waals surface area contributed by atoms with Gasteiger partial charge in [-0.1, -0.05) is 309 Å². The summed E-state index contributed by atoms with van der Waals surface area (Å²) in [4.78, 5) is 24.6. The van der Waals surface area contributed by atoms with Gasteiger partial charge in [-0.3, -0.25) is 9.59 Å². The molecule has 1 amide bonds. The van der Waals surface area contributed by atoms with Crippen LogP contribution >= 0.6 is 0 Å². The highest BCUT2D eigenvalue weighted by Crippen LogP contribution is 2.18. The molecule has 0 radical (unpaired) electrons. The van der Waals surface area contributed by atoms with Gasteiger partial charge in [-0.2, -0.15) is 0 Å². The number of aliphatic hydroxyl groups excluding tert-OH is 2. The van der Waals surface area contributed by atoms with Crippen LogP contribution in [0.5, 0.6) is 0 Å². The molecule has 398 valence electrons. The summed E-state index contributed by atoms with van der Waals surface area (Å²) in [5.74, 6) is -0.0923. The molecule has 0 aromatic carbocycles. The number of rotatable bonds is 57. The number of carbonyl (C=O) groups excluding carboxylic acids is 2. The van der Waals surface area contributed by atoms with Gasteiger partial charge in [-0.15, -0.1) is 0 Å². The minimum absolute atomic E-state index is 0.00962. The molecule has 0 aliphatic carbocycles. The highest BCUT2D eigenvalue weighted by atomic mass is 16.5. The molecule has 0 rings (SSSR count). The Morgan fingerprint density at radius 1 is 0.403 bits per heavy atom. The van der Waals surface area contributed by atoms with Crippen LogP contribution in [0.15, 0.2) is 12.2 Å². The number of nitrogens with one attached hydrogen (secondary N) is 1. The fourth-order valence-electron chi connectivity index (χ4n) is 9.64. The topological polar surface area (TPSA) is 95.9 Å². The van der Waals surface area contributed by atoms with E-state index in [1.807, 2.05) is 6.08 Å². The summed E-state index contributed by atoms with van der Waals surface area (Å²) in [5.41, 5.74) is 0. The molecule has 0 aliphatic rings. The van der Waals surface area contributed by atoms with E-state index in [1.54, 1.807) is 6.08 Å². The predicted molar refractivity (Wildman–Crippen MR) is 292 cm³/mol. The molecule has 2 unspecified atom stereocenters. The van der Waals surface area contributed by atoms with E-state index in [-0.39, 0.29) is 18.5 Å². The number of carbonyl (C=O) groups is 2. The minimum Gasteiger partial charge on any atom is -0.466 e. The molecule has 6 heteroatoms. The van der Waals surface area contributed by atoms with Crippen LogP contribution in [0.2, 0.25) is 0 Å². The SMILES string of the molecule is CCCCCCCCCCCCCCCCCCCC/C=C/C(O)C(CO)NC(=O)CCCCCCCCCCCCCOC(=O)CCCCCCCCCCCCCCCCCCCCC. The third-order valence-corrected chi connectivity index (χ3v) is 14.3. The lowest BCUT2D eigenvalue weighted by Gasteiger charge is -2.20. The fourth-order valence-corrected chi connectivity index (χ4v) is 9.64. The molecule has 0 fully saturated rings. The third-order valence-electron chi connectivity index (χ3n) is 14.3. The Morgan fingerprint density at radius 3 is 1.01 bits per heavy atom. The summed E-state index contributed by atoms with van der Waals surface area (Å²) in [6.07, 6.45) is 68.1. The Kier molecular flexibility index (Phi) is 56.0. The molecule has 0 bridgehead atoms. The number of hydrogen-bond acceptors (Lipinski definition) is 5. The highest BCUT2D eigenvalue weighted by molar-refractivity contribution is 5.76. The maximum absolute atomic E-state index is 12.5. The van der Waals surface area contributed by atoms with E-state index in [1.165, 1.54) is 257 Å². The molecule has 2 atom stereocenters. The van der Waals surface area contributed by atoms with Gasteiger partial charge in [0.25, 0.3) is 0 Å². The van der Waals surface area contributed by atoms with E-state index >= 15 is 0 Å². The lowest BCUT2D eigenvalue weighted by molar-refractivity contribution is -0.143. The van der Waals surface area contributed by atoms with Gasteiger partial charge in [-0.25, -0.2) is 0 Å². The van der Waals surface area contributed by atoms with Crippen molar-refractivity contribution in [3.63, 3.8) is 0 Å². The van der Waals surface area contributed by atoms with Crippen molar-refractivity contribution in [2.24, 2.45) is 0 Å². The summed E-state index contributed by atoms with van der Waals surface area (Å²) >= 11 is 0. The van der Waals surface area contributed by atoms with E-state index in [0.717, 1.165) is 57.8 Å². The summed E-state index contributed by atoms with van der Waals surface area (Å²) in [5, 5.41) is 23.2.